The Bertz CT molecular complexity index is 762. The molecule has 1 aliphatic carbocycles. The summed E-state index contributed by atoms with van der Waals surface area (Å²) in [5.74, 6) is 1.85. The lowest BCUT2D eigenvalue weighted by atomic mass is 9.95. The number of ether oxygens (including phenoxy) is 2. The molecule has 1 amide bonds. The van der Waals surface area contributed by atoms with Crippen molar-refractivity contribution in [3.8, 4) is 22.8 Å². The molecule has 0 radical (unpaired) electrons. The van der Waals surface area contributed by atoms with Crippen molar-refractivity contribution >= 4 is 17.7 Å². The predicted molar refractivity (Wildman–Crippen MR) is 106 cm³/mol. The van der Waals surface area contributed by atoms with Gasteiger partial charge in [-0.3, -0.25) is 4.79 Å². The Morgan fingerprint density at radius 3 is 2.59 bits per heavy atom. The van der Waals surface area contributed by atoms with Gasteiger partial charge in [0.25, 0.3) is 0 Å². The van der Waals surface area contributed by atoms with Gasteiger partial charge in [0, 0.05) is 11.6 Å². The van der Waals surface area contributed by atoms with Crippen LogP contribution in [-0.4, -0.2) is 42.1 Å². The highest BCUT2D eigenvalue weighted by molar-refractivity contribution is 7.99. The van der Waals surface area contributed by atoms with Crippen LogP contribution >= 0.6 is 11.8 Å². The topological polar surface area (TPSA) is 73.3 Å². The van der Waals surface area contributed by atoms with Gasteiger partial charge in [-0.25, -0.2) is 0 Å². The molecule has 1 aliphatic rings. The van der Waals surface area contributed by atoms with Crippen LogP contribution in [0.5, 0.6) is 11.5 Å². The minimum absolute atomic E-state index is 0.0623. The lowest BCUT2D eigenvalue weighted by Crippen LogP contribution is -2.37. The van der Waals surface area contributed by atoms with E-state index in [0.717, 1.165) is 29.2 Å². The Morgan fingerprint density at radius 1 is 1.11 bits per heavy atom. The number of methoxy groups -OCH3 is 2. The molecule has 27 heavy (non-hydrogen) atoms. The molecule has 144 valence electrons. The third-order valence-corrected chi connectivity index (χ3v) is 5.56. The van der Waals surface area contributed by atoms with Gasteiger partial charge in [0.05, 0.1) is 25.7 Å². The highest BCUT2D eigenvalue weighted by Crippen LogP contribution is 2.32. The van der Waals surface area contributed by atoms with Gasteiger partial charge >= 0.3 is 0 Å². The molecule has 6 nitrogen and oxygen atoms in total. The van der Waals surface area contributed by atoms with Crippen LogP contribution < -0.4 is 14.8 Å². The second kappa shape index (κ2) is 9.60. The number of hydrogen-bond acceptors (Lipinski definition) is 6. The summed E-state index contributed by atoms with van der Waals surface area (Å²) < 4.78 is 10.7. The molecule has 1 fully saturated rings. The molecule has 1 aromatic carbocycles. The molecule has 1 saturated carbocycles. The summed E-state index contributed by atoms with van der Waals surface area (Å²) in [6, 6.07) is 9.64. The van der Waals surface area contributed by atoms with Crippen LogP contribution in [0.25, 0.3) is 11.3 Å². The average molecular weight is 388 g/mol. The van der Waals surface area contributed by atoms with E-state index in [9.17, 15) is 4.79 Å². The van der Waals surface area contributed by atoms with Crippen molar-refractivity contribution in [3.63, 3.8) is 0 Å². The summed E-state index contributed by atoms with van der Waals surface area (Å²) in [6.45, 7) is 0. The number of rotatable bonds is 7. The van der Waals surface area contributed by atoms with Crippen molar-refractivity contribution in [1.82, 2.24) is 15.5 Å². The van der Waals surface area contributed by atoms with E-state index in [4.69, 9.17) is 9.47 Å². The van der Waals surface area contributed by atoms with Gasteiger partial charge in [0.15, 0.2) is 0 Å². The number of benzene rings is 1. The van der Waals surface area contributed by atoms with Crippen molar-refractivity contribution in [1.29, 1.82) is 0 Å². The molecule has 1 N–H and O–H groups in total. The van der Waals surface area contributed by atoms with Gasteiger partial charge in [-0.2, -0.15) is 0 Å². The summed E-state index contributed by atoms with van der Waals surface area (Å²) in [6.07, 6.45) is 5.87. The zero-order chi connectivity index (χ0) is 19.1. The molecule has 0 bridgehead atoms. The van der Waals surface area contributed by atoms with Crippen molar-refractivity contribution in [2.24, 2.45) is 0 Å². The number of aromatic nitrogens is 2. The van der Waals surface area contributed by atoms with Crippen LogP contribution in [0.15, 0.2) is 35.4 Å². The van der Waals surface area contributed by atoms with Crippen molar-refractivity contribution in [2.75, 3.05) is 20.0 Å². The highest BCUT2D eigenvalue weighted by Gasteiger charge is 2.16. The smallest absolute Gasteiger partial charge is 0.230 e. The van der Waals surface area contributed by atoms with Gasteiger partial charge in [-0.1, -0.05) is 31.0 Å². The quantitative estimate of drug-likeness (QED) is 0.730. The standard InChI is InChI=1S/C20H25N3O3S/c1-25-15-8-10-18(26-2)16(12-15)17-9-11-20(23-22-17)27-13-19(24)21-14-6-4-3-5-7-14/h8-12,14H,3-7,13H2,1-2H3,(H,21,24). The van der Waals surface area contributed by atoms with Gasteiger partial charge < -0.3 is 14.8 Å². The number of carbonyl (C=O) groups is 1. The average Bonchev–Trinajstić information content (AvgIpc) is 2.73. The highest BCUT2D eigenvalue weighted by atomic mass is 32.2. The van der Waals surface area contributed by atoms with Gasteiger partial charge in [-0.15, -0.1) is 10.2 Å². The predicted octanol–water partition coefficient (Wildman–Crippen LogP) is 3.70. The van der Waals surface area contributed by atoms with Gasteiger partial charge in [0.1, 0.15) is 16.5 Å². The van der Waals surface area contributed by atoms with E-state index in [0.29, 0.717) is 23.2 Å². The fourth-order valence-electron chi connectivity index (χ4n) is 3.21. The van der Waals surface area contributed by atoms with Crippen molar-refractivity contribution in [3.05, 3.63) is 30.3 Å². The largest absolute Gasteiger partial charge is 0.497 e. The Labute approximate surface area is 164 Å². The molecule has 1 heterocycles. The maximum absolute atomic E-state index is 12.1. The summed E-state index contributed by atoms with van der Waals surface area (Å²) >= 11 is 1.40. The Morgan fingerprint density at radius 2 is 1.93 bits per heavy atom. The minimum Gasteiger partial charge on any atom is -0.497 e. The third-order valence-electron chi connectivity index (χ3n) is 4.64. The molecule has 0 unspecified atom stereocenters. The van der Waals surface area contributed by atoms with Crippen molar-refractivity contribution < 1.29 is 14.3 Å². The summed E-state index contributed by atoms with van der Waals surface area (Å²) in [7, 11) is 3.24. The second-order valence-corrected chi connectivity index (χ2v) is 7.51. The summed E-state index contributed by atoms with van der Waals surface area (Å²) in [5, 5.41) is 12.4. The minimum atomic E-state index is 0.0623. The molecule has 3 rings (SSSR count). The number of nitrogens with one attached hydrogen (secondary N) is 1. The first-order chi connectivity index (χ1) is 13.2. The SMILES string of the molecule is COc1ccc(OC)c(-c2ccc(SCC(=O)NC3CCCCC3)nn2)c1. The molecule has 0 atom stereocenters. The third kappa shape index (κ3) is 5.35. The number of carbonyl (C=O) groups excluding carboxylic acids is 1. The maximum Gasteiger partial charge on any atom is 0.230 e. The number of hydrogen-bond donors (Lipinski definition) is 1. The van der Waals surface area contributed by atoms with E-state index >= 15 is 0 Å². The monoisotopic (exact) mass is 387 g/mol. The second-order valence-electron chi connectivity index (χ2n) is 6.51. The normalized spacial score (nSPS) is 14.6. The summed E-state index contributed by atoms with van der Waals surface area (Å²) in [5.41, 5.74) is 1.51. The molecule has 2 aromatic rings. The van der Waals surface area contributed by atoms with Crippen LogP contribution in [0.1, 0.15) is 32.1 Å². The Kier molecular flexibility index (Phi) is 6.92. The first kappa shape index (κ1) is 19.5. The molecule has 0 spiro atoms. The molecular weight excluding hydrogens is 362 g/mol. The van der Waals surface area contributed by atoms with Crippen LogP contribution in [0.3, 0.4) is 0 Å². The molecule has 1 aromatic heterocycles. The number of amides is 1. The van der Waals surface area contributed by atoms with E-state index in [2.05, 4.69) is 15.5 Å². The van der Waals surface area contributed by atoms with Gasteiger partial charge in [-0.05, 0) is 43.2 Å². The zero-order valence-corrected chi connectivity index (χ0v) is 16.6. The van der Waals surface area contributed by atoms with Gasteiger partial charge in [0.2, 0.25) is 5.91 Å². The van der Waals surface area contributed by atoms with E-state index in [-0.39, 0.29) is 5.91 Å². The van der Waals surface area contributed by atoms with Crippen LogP contribution in [0.2, 0.25) is 0 Å². The van der Waals surface area contributed by atoms with Crippen molar-refractivity contribution in [2.45, 2.75) is 43.2 Å². The lowest BCUT2D eigenvalue weighted by Gasteiger charge is -2.22. The molecule has 0 aliphatic heterocycles. The first-order valence-electron chi connectivity index (χ1n) is 9.18. The van der Waals surface area contributed by atoms with E-state index in [1.54, 1.807) is 14.2 Å². The Hall–Kier alpha value is -2.28. The van der Waals surface area contributed by atoms with Crippen LogP contribution in [0.4, 0.5) is 0 Å². The number of nitrogens with zero attached hydrogens (tertiary/aromatic N) is 2. The van der Waals surface area contributed by atoms with Crippen LogP contribution in [-0.2, 0) is 4.79 Å². The first-order valence-corrected chi connectivity index (χ1v) is 10.2. The molecule has 7 heteroatoms. The number of thioether (sulfide) groups is 1. The van der Waals surface area contributed by atoms with E-state index in [1.165, 1.54) is 31.0 Å². The van der Waals surface area contributed by atoms with E-state index < -0.39 is 0 Å². The lowest BCUT2D eigenvalue weighted by molar-refractivity contribution is -0.119. The molecular formula is C20H25N3O3S. The Balaban J connectivity index is 1.59. The fraction of sp³-hybridized carbons (Fsp3) is 0.450. The zero-order valence-electron chi connectivity index (χ0n) is 15.7. The maximum atomic E-state index is 12.1. The van der Waals surface area contributed by atoms with E-state index in [1.807, 2.05) is 30.3 Å². The van der Waals surface area contributed by atoms with Crippen LogP contribution in [0, 0.1) is 0 Å². The summed E-state index contributed by atoms with van der Waals surface area (Å²) in [4.78, 5) is 12.1. The fourth-order valence-corrected chi connectivity index (χ4v) is 3.84. The molecule has 0 saturated heterocycles.